The van der Waals surface area contributed by atoms with Crippen molar-refractivity contribution in [3.8, 4) is 33.6 Å². The lowest BCUT2D eigenvalue weighted by molar-refractivity contribution is -0.136. The molecule has 3 fully saturated rings. The van der Waals surface area contributed by atoms with Crippen LogP contribution in [0.2, 0.25) is 0 Å². The number of carbonyl (C=O) groups excluding carboxylic acids is 5. The Bertz CT molecular complexity index is 2360. The topological polar surface area (TPSA) is 204 Å². The van der Waals surface area contributed by atoms with Gasteiger partial charge in [-0.3, -0.25) is 9.59 Å². The maximum atomic E-state index is 14.4. The van der Waals surface area contributed by atoms with Gasteiger partial charge in [0.25, 0.3) is 0 Å². The molecule has 0 radical (unpaired) electrons. The number of imidazole rings is 2. The Morgan fingerprint density at radius 3 is 1.59 bits per heavy atom. The van der Waals surface area contributed by atoms with Gasteiger partial charge in [0.05, 0.1) is 50.1 Å². The molecule has 17 nitrogen and oxygen atoms in total. The number of likely N-dealkylation sites (tertiary alicyclic amines) is 3. The van der Waals surface area contributed by atoms with Crippen LogP contribution in [0.3, 0.4) is 0 Å². The smallest absolute Gasteiger partial charge is 0.410 e. The largest absolute Gasteiger partial charge is 0.453 e. The number of piperidine rings is 1. The van der Waals surface area contributed by atoms with Gasteiger partial charge in [-0.25, -0.2) is 24.4 Å². The Labute approximate surface area is 386 Å². The van der Waals surface area contributed by atoms with E-state index in [2.05, 4.69) is 49.9 Å². The molecule has 0 saturated carbocycles. The van der Waals surface area contributed by atoms with Gasteiger partial charge in [-0.1, -0.05) is 76.2 Å². The number of methoxy groups -OCH3 is 2. The molecule has 0 bridgehead atoms. The van der Waals surface area contributed by atoms with Gasteiger partial charge < -0.3 is 49.5 Å². The number of hydrogen-bond donors (Lipinski definition) is 4. The normalized spacial score (nSPS) is 19.2. The zero-order valence-corrected chi connectivity index (χ0v) is 39.6. The van der Waals surface area contributed by atoms with Crippen LogP contribution in [0.4, 0.5) is 14.4 Å². The summed E-state index contributed by atoms with van der Waals surface area (Å²) in [6.07, 6.45) is 5.60. The SMILES string of the molecule is COC(=O)N[C@H](C(=O)N1CCCC1c1ncc(-c2ccc(-c3ccc(-c4cnc(C5CC6(CCN(C(=O)OC(C)(C)C)CC6)CN5C(=O)[C@@H](NC(=O)OC)C(C)C)[nH]4)cc3)cc2)[nH]1)C(C)C. The Morgan fingerprint density at radius 1 is 0.682 bits per heavy atom. The lowest BCUT2D eigenvalue weighted by atomic mass is 9.76. The molecule has 2 aromatic carbocycles. The molecular weight excluding hydrogens is 843 g/mol. The first-order chi connectivity index (χ1) is 31.4. The van der Waals surface area contributed by atoms with Crippen LogP contribution in [-0.2, 0) is 23.8 Å². The average Bonchev–Trinajstić information content (AvgIpc) is 4.13. The molecule has 66 heavy (non-hydrogen) atoms. The Balaban J connectivity index is 1.04. The highest BCUT2D eigenvalue weighted by Crippen LogP contribution is 2.49. The molecule has 0 aliphatic carbocycles. The summed E-state index contributed by atoms with van der Waals surface area (Å²) in [7, 11) is 2.57. The first-order valence-electron chi connectivity index (χ1n) is 23.0. The number of nitrogens with one attached hydrogen (secondary N) is 4. The van der Waals surface area contributed by atoms with Crippen molar-refractivity contribution in [1.82, 2.24) is 45.3 Å². The fourth-order valence-corrected chi connectivity index (χ4v) is 9.45. The van der Waals surface area contributed by atoms with Crippen molar-refractivity contribution in [3.05, 3.63) is 72.6 Å². The van der Waals surface area contributed by atoms with Gasteiger partial charge >= 0.3 is 18.3 Å². The molecule has 7 rings (SSSR count). The quantitative estimate of drug-likeness (QED) is 0.107. The monoisotopic (exact) mass is 907 g/mol. The van der Waals surface area contributed by atoms with E-state index in [0.717, 1.165) is 46.5 Å². The van der Waals surface area contributed by atoms with Gasteiger partial charge in [-0.15, -0.1) is 0 Å². The standard InChI is InChI=1S/C49H65N9O8/c1-29(2)39(54-45(61)64-8)43(59)57-22-10-11-37(57)41-50-26-35(52-41)33-16-12-31(13-17-33)32-14-18-34(19-15-32)36-27-51-42(53-36)38-25-49(20-23-56(24-21-49)47(63)66-48(5,6)7)28-58(38)44(60)40(30(3)4)55-46(62)65-9/h12-19,26-27,29-30,37-40H,10-11,20-25,28H2,1-9H3,(H,50,52)(H,51,53)(H,54,61)(H,55,62)/t37?,38?,39-,40-/m0/s1. The number of amides is 5. The number of benzene rings is 2. The molecule has 3 aliphatic rings. The fourth-order valence-electron chi connectivity index (χ4n) is 9.45. The van der Waals surface area contributed by atoms with E-state index in [-0.39, 0.29) is 47.2 Å². The third kappa shape index (κ3) is 10.5. The van der Waals surface area contributed by atoms with Crippen molar-refractivity contribution in [1.29, 1.82) is 0 Å². The van der Waals surface area contributed by atoms with Gasteiger partial charge in [0, 0.05) is 26.2 Å². The molecule has 17 heteroatoms. The molecule has 4 atom stereocenters. The molecular formula is C49H65N9O8. The van der Waals surface area contributed by atoms with Crippen LogP contribution >= 0.6 is 0 Å². The van der Waals surface area contributed by atoms with E-state index in [0.29, 0.717) is 57.1 Å². The summed E-state index contributed by atoms with van der Waals surface area (Å²) >= 11 is 0. The third-order valence-corrected chi connectivity index (χ3v) is 13.1. The number of alkyl carbamates (subject to hydrolysis) is 2. The van der Waals surface area contributed by atoms with Gasteiger partial charge in [0.15, 0.2) is 0 Å². The van der Waals surface area contributed by atoms with Gasteiger partial charge in [-0.2, -0.15) is 0 Å². The second-order valence-corrected chi connectivity index (χ2v) is 19.6. The Morgan fingerprint density at radius 2 is 1.14 bits per heavy atom. The van der Waals surface area contributed by atoms with Crippen molar-refractivity contribution in [2.75, 3.05) is 40.4 Å². The van der Waals surface area contributed by atoms with Crippen LogP contribution in [-0.4, -0.2) is 123 Å². The van der Waals surface area contributed by atoms with Gasteiger partial charge in [0.2, 0.25) is 11.8 Å². The van der Waals surface area contributed by atoms with Crippen LogP contribution in [0.1, 0.15) is 104 Å². The number of aromatic nitrogens is 4. The van der Waals surface area contributed by atoms with Crippen molar-refractivity contribution in [2.45, 2.75) is 110 Å². The molecule has 3 aliphatic heterocycles. The summed E-state index contributed by atoms with van der Waals surface area (Å²) in [4.78, 5) is 87.2. The molecule has 5 heterocycles. The maximum Gasteiger partial charge on any atom is 0.410 e. The average molecular weight is 908 g/mol. The molecule has 2 aromatic heterocycles. The van der Waals surface area contributed by atoms with Crippen molar-refractivity contribution < 1.29 is 38.2 Å². The van der Waals surface area contributed by atoms with Gasteiger partial charge in [-0.05, 0) is 92.4 Å². The van der Waals surface area contributed by atoms with Crippen molar-refractivity contribution in [2.24, 2.45) is 17.3 Å². The van der Waals surface area contributed by atoms with Crippen LogP contribution < -0.4 is 10.6 Å². The number of ether oxygens (including phenoxy) is 3. The second-order valence-electron chi connectivity index (χ2n) is 19.6. The number of nitrogens with zero attached hydrogens (tertiary/aromatic N) is 5. The highest BCUT2D eigenvalue weighted by Gasteiger charge is 2.51. The van der Waals surface area contributed by atoms with Crippen LogP contribution in [0.15, 0.2) is 60.9 Å². The maximum absolute atomic E-state index is 14.4. The number of carbonyl (C=O) groups is 5. The summed E-state index contributed by atoms with van der Waals surface area (Å²) in [5.74, 6) is 0.701. The Hall–Kier alpha value is -6.39. The summed E-state index contributed by atoms with van der Waals surface area (Å²) in [5.41, 5.74) is 4.75. The van der Waals surface area contributed by atoms with E-state index < -0.39 is 29.9 Å². The van der Waals surface area contributed by atoms with E-state index in [1.165, 1.54) is 14.2 Å². The highest BCUT2D eigenvalue weighted by atomic mass is 16.6. The number of rotatable bonds is 11. The van der Waals surface area contributed by atoms with E-state index in [1.807, 2.05) is 77.6 Å². The molecule has 4 N–H and O–H groups in total. The molecule has 354 valence electrons. The van der Waals surface area contributed by atoms with E-state index in [9.17, 15) is 24.0 Å². The molecule has 4 aromatic rings. The predicted octanol–water partition coefficient (Wildman–Crippen LogP) is 7.85. The molecule has 1 spiro atoms. The second kappa shape index (κ2) is 19.6. The summed E-state index contributed by atoms with van der Waals surface area (Å²) in [6, 6.07) is 14.3. The summed E-state index contributed by atoms with van der Waals surface area (Å²) in [6.45, 7) is 15.2. The Kier molecular flexibility index (Phi) is 14.1. The minimum absolute atomic E-state index is 0.119. The first-order valence-corrected chi connectivity index (χ1v) is 23.0. The lowest BCUT2D eigenvalue weighted by Crippen LogP contribution is -2.52. The fraction of sp³-hybridized carbons (Fsp3) is 0.531. The molecule has 2 unspecified atom stereocenters. The first kappa shape index (κ1) is 47.6. The molecule has 3 saturated heterocycles. The van der Waals surface area contributed by atoms with Crippen LogP contribution in [0, 0.1) is 17.3 Å². The van der Waals surface area contributed by atoms with Gasteiger partial charge in [0.1, 0.15) is 29.3 Å². The minimum atomic E-state index is -0.799. The summed E-state index contributed by atoms with van der Waals surface area (Å²) in [5, 5.41) is 5.45. The van der Waals surface area contributed by atoms with Crippen molar-refractivity contribution >= 4 is 30.1 Å². The molecule has 5 amide bonds. The minimum Gasteiger partial charge on any atom is -0.453 e. The van der Waals surface area contributed by atoms with Crippen LogP contribution in [0.25, 0.3) is 33.6 Å². The summed E-state index contributed by atoms with van der Waals surface area (Å²) < 4.78 is 15.3. The third-order valence-electron chi connectivity index (χ3n) is 13.1. The van der Waals surface area contributed by atoms with Crippen LogP contribution in [0.5, 0.6) is 0 Å². The zero-order chi connectivity index (χ0) is 47.5. The van der Waals surface area contributed by atoms with Crippen molar-refractivity contribution in [3.63, 3.8) is 0 Å². The van der Waals surface area contributed by atoms with E-state index in [1.54, 1.807) is 22.2 Å². The number of H-pyrrole nitrogens is 2. The highest BCUT2D eigenvalue weighted by molar-refractivity contribution is 5.87. The van der Waals surface area contributed by atoms with E-state index in [4.69, 9.17) is 19.2 Å². The van der Waals surface area contributed by atoms with E-state index >= 15 is 0 Å². The lowest BCUT2D eigenvalue weighted by Gasteiger charge is -2.39. The number of hydrogen-bond acceptors (Lipinski definition) is 10. The predicted molar refractivity (Wildman–Crippen MR) is 248 cm³/mol. The number of aromatic amines is 2. The zero-order valence-electron chi connectivity index (χ0n) is 39.6.